The van der Waals surface area contributed by atoms with Crippen molar-refractivity contribution in [1.29, 1.82) is 0 Å². The molecule has 1 heterocycles. The molecule has 0 radical (unpaired) electrons. The van der Waals surface area contributed by atoms with Gasteiger partial charge in [-0.15, -0.1) is 0 Å². The highest BCUT2D eigenvalue weighted by Crippen LogP contribution is 2.26. The highest BCUT2D eigenvalue weighted by atomic mass is 16.4. The highest BCUT2D eigenvalue weighted by molar-refractivity contribution is 5.81. The van der Waals surface area contributed by atoms with Crippen LogP contribution in [0.1, 0.15) is 13.3 Å². The highest BCUT2D eigenvalue weighted by Gasteiger charge is 2.05. The minimum Gasteiger partial charge on any atom is -0.424 e. The zero-order valence-corrected chi connectivity index (χ0v) is 11.4. The van der Waals surface area contributed by atoms with Gasteiger partial charge in [0, 0.05) is 12.2 Å². The fourth-order valence-electron chi connectivity index (χ4n) is 2.17. The fraction of sp³-hybridized carbons (Fsp3) is 0.188. The average molecular weight is 267 g/mol. The van der Waals surface area contributed by atoms with Crippen LogP contribution >= 0.6 is 0 Å². The molecule has 0 spiro atoms. The van der Waals surface area contributed by atoms with Gasteiger partial charge in [-0.2, -0.15) is 4.98 Å². The summed E-state index contributed by atoms with van der Waals surface area (Å²) in [5.74, 6) is 0. The van der Waals surface area contributed by atoms with Gasteiger partial charge < -0.3 is 15.5 Å². The summed E-state index contributed by atoms with van der Waals surface area (Å²) in [6.07, 6.45) is 1.12. The first kappa shape index (κ1) is 12.5. The van der Waals surface area contributed by atoms with E-state index in [1.165, 1.54) is 0 Å². The molecule has 0 aliphatic carbocycles. The number of hydrogen-bond acceptors (Lipinski definition) is 4. The lowest BCUT2D eigenvalue weighted by atomic mass is 10.1. The van der Waals surface area contributed by atoms with Crippen LogP contribution in [-0.2, 0) is 0 Å². The largest absolute Gasteiger partial charge is 0.424 e. The summed E-state index contributed by atoms with van der Waals surface area (Å²) in [7, 11) is 0. The van der Waals surface area contributed by atoms with Crippen LogP contribution in [0, 0.1) is 0 Å². The van der Waals surface area contributed by atoms with Crippen molar-refractivity contribution in [2.45, 2.75) is 13.3 Å². The van der Waals surface area contributed by atoms with Crippen LogP contribution < -0.4 is 11.1 Å². The van der Waals surface area contributed by atoms with Crippen LogP contribution in [0.3, 0.4) is 0 Å². The van der Waals surface area contributed by atoms with Crippen LogP contribution in [-0.4, -0.2) is 11.5 Å². The Labute approximate surface area is 117 Å². The SMILES string of the molecule is CCCNc1ccc(-c2ccc3nc(N)oc3c2)cc1. The number of hydrogen-bond donors (Lipinski definition) is 2. The third-order valence-electron chi connectivity index (χ3n) is 3.20. The van der Waals surface area contributed by atoms with E-state index in [0.717, 1.165) is 35.3 Å². The molecule has 1 aromatic heterocycles. The Kier molecular flexibility index (Phi) is 3.29. The second-order valence-electron chi connectivity index (χ2n) is 4.74. The van der Waals surface area contributed by atoms with Gasteiger partial charge >= 0.3 is 0 Å². The molecule has 102 valence electrons. The Balaban J connectivity index is 1.89. The lowest BCUT2D eigenvalue weighted by molar-refractivity contribution is 0.626. The molecule has 0 aliphatic rings. The number of aromatic nitrogens is 1. The second-order valence-corrected chi connectivity index (χ2v) is 4.74. The van der Waals surface area contributed by atoms with Crippen LogP contribution in [0.15, 0.2) is 46.9 Å². The molecule has 4 nitrogen and oxygen atoms in total. The molecule has 3 N–H and O–H groups in total. The van der Waals surface area contributed by atoms with Crippen LogP contribution in [0.5, 0.6) is 0 Å². The molecule has 0 aliphatic heterocycles. The number of fused-ring (bicyclic) bond motifs is 1. The van der Waals surface area contributed by atoms with Crippen molar-refractivity contribution in [2.75, 3.05) is 17.6 Å². The first-order valence-electron chi connectivity index (χ1n) is 6.76. The maximum Gasteiger partial charge on any atom is 0.292 e. The Hall–Kier alpha value is -2.49. The van der Waals surface area contributed by atoms with Gasteiger partial charge in [-0.05, 0) is 41.8 Å². The number of nitrogens with zero attached hydrogens (tertiary/aromatic N) is 1. The molecule has 0 fully saturated rings. The van der Waals surface area contributed by atoms with Crippen molar-refractivity contribution in [1.82, 2.24) is 4.98 Å². The number of nitrogen functional groups attached to an aromatic ring is 1. The average Bonchev–Trinajstić information content (AvgIpc) is 2.84. The molecular weight excluding hydrogens is 250 g/mol. The minimum absolute atomic E-state index is 0.205. The molecule has 0 unspecified atom stereocenters. The zero-order valence-electron chi connectivity index (χ0n) is 11.4. The van der Waals surface area contributed by atoms with Gasteiger partial charge in [-0.3, -0.25) is 0 Å². The molecule has 0 bridgehead atoms. The predicted octanol–water partition coefficient (Wildman–Crippen LogP) is 3.90. The third-order valence-corrected chi connectivity index (χ3v) is 3.20. The lowest BCUT2D eigenvalue weighted by Gasteiger charge is -2.06. The molecule has 2 aromatic carbocycles. The molecule has 0 saturated carbocycles. The Morgan fingerprint density at radius 1 is 1.10 bits per heavy atom. The molecule has 20 heavy (non-hydrogen) atoms. The van der Waals surface area contributed by atoms with E-state index in [4.69, 9.17) is 10.2 Å². The van der Waals surface area contributed by atoms with Crippen molar-refractivity contribution in [3.63, 3.8) is 0 Å². The van der Waals surface area contributed by atoms with Gasteiger partial charge in [-0.25, -0.2) is 0 Å². The van der Waals surface area contributed by atoms with E-state index >= 15 is 0 Å². The van der Waals surface area contributed by atoms with E-state index in [9.17, 15) is 0 Å². The molecular formula is C16H17N3O. The van der Waals surface area contributed by atoms with E-state index < -0.39 is 0 Å². The predicted molar refractivity (Wildman–Crippen MR) is 82.6 cm³/mol. The van der Waals surface area contributed by atoms with Gasteiger partial charge in [0.15, 0.2) is 5.58 Å². The number of benzene rings is 2. The first-order valence-corrected chi connectivity index (χ1v) is 6.76. The summed E-state index contributed by atoms with van der Waals surface area (Å²) >= 11 is 0. The Morgan fingerprint density at radius 3 is 2.60 bits per heavy atom. The van der Waals surface area contributed by atoms with Crippen molar-refractivity contribution >= 4 is 22.8 Å². The second kappa shape index (κ2) is 5.25. The monoisotopic (exact) mass is 267 g/mol. The van der Waals surface area contributed by atoms with Crippen molar-refractivity contribution < 1.29 is 4.42 Å². The fourth-order valence-corrected chi connectivity index (χ4v) is 2.17. The summed E-state index contributed by atoms with van der Waals surface area (Å²) in [5, 5.41) is 3.36. The molecule has 0 amide bonds. The van der Waals surface area contributed by atoms with Crippen molar-refractivity contribution in [3.05, 3.63) is 42.5 Å². The first-order chi connectivity index (χ1) is 9.76. The van der Waals surface area contributed by atoms with E-state index in [0.29, 0.717) is 5.58 Å². The number of oxazole rings is 1. The molecule has 0 saturated heterocycles. The van der Waals surface area contributed by atoms with Crippen molar-refractivity contribution in [3.8, 4) is 11.1 Å². The van der Waals surface area contributed by atoms with Crippen LogP contribution in [0.2, 0.25) is 0 Å². The molecule has 4 heteroatoms. The summed E-state index contributed by atoms with van der Waals surface area (Å²) < 4.78 is 5.36. The topological polar surface area (TPSA) is 64.1 Å². The smallest absolute Gasteiger partial charge is 0.292 e. The third kappa shape index (κ3) is 2.45. The summed E-state index contributed by atoms with van der Waals surface area (Å²) in [6.45, 7) is 3.14. The molecule has 3 aromatic rings. The Bertz CT molecular complexity index is 716. The summed E-state index contributed by atoms with van der Waals surface area (Å²) in [5.41, 5.74) is 10.4. The summed E-state index contributed by atoms with van der Waals surface area (Å²) in [4.78, 5) is 4.10. The number of anilines is 2. The normalized spacial score (nSPS) is 10.8. The number of rotatable bonds is 4. The Morgan fingerprint density at radius 2 is 1.85 bits per heavy atom. The van der Waals surface area contributed by atoms with Crippen molar-refractivity contribution in [2.24, 2.45) is 0 Å². The van der Waals surface area contributed by atoms with Crippen LogP contribution in [0.4, 0.5) is 11.7 Å². The van der Waals surface area contributed by atoms with E-state index in [2.05, 4.69) is 41.5 Å². The summed E-state index contributed by atoms with van der Waals surface area (Å²) in [6, 6.07) is 14.5. The minimum atomic E-state index is 0.205. The van der Waals surface area contributed by atoms with E-state index in [-0.39, 0.29) is 6.01 Å². The van der Waals surface area contributed by atoms with E-state index in [1.807, 2.05) is 18.2 Å². The van der Waals surface area contributed by atoms with E-state index in [1.54, 1.807) is 0 Å². The molecule has 0 atom stereocenters. The quantitative estimate of drug-likeness (QED) is 0.752. The standard InChI is InChI=1S/C16H17N3O/c1-2-9-18-13-6-3-11(4-7-13)12-5-8-14-15(10-12)20-16(17)19-14/h3-8,10,18H,2,9H2,1H3,(H2,17,19). The molecule has 3 rings (SSSR count). The van der Waals surface area contributed by atoms with Gasteiger partial charge in [0.25, 0.3) is 6.01 Å². The zero-order chi connectivity index (χ0) is 13.9. The maximum atomic E-state index is 5.56. The van der Waals surface area contributed by atoms with Crippen LogP contribution in [0.25, 0.3) is 22.2 Å². The number of nitrogens with two attached hydrogens (primary N) is 1. The van der Waals surface area contributed by atoms with Gasteiger partial charge in [-0.1, -0.05) is 25.1 Å². The van der Waals surface area contributed by atoms with Gasteiger partial charge in [0.1, 0.15) is 5.52 Å². The maximum absolute atomic E-state index is 5.56. The number of nitrogens with one attached hydrogen (secondary N) is 1. The lowest BCUT2D eigenvalue weighted by Crippen LogP contribution is -1.98. The van der Waals surface area contributed by atoms with Gasteiger partial charge in [0.05, 0.1) is 0 Å². The van der Waals surface area contributed by atoms with Gasteiger partial charge in [0.2, 0.25) is 0 Å².